The SMILES string of the molecule is CCOc1ccccc1N1CCN(CCC(=O)c2ccc3c(c2)CCC(=O)N3)CC1. The van der Waals surface area contributed by atoms with Crippen LogP contribution in [0.3, 0.4) is 0 Å². The molecule has 0 saturated carbocycles. The van der Waals surface area contributed by atoms with Crippen molar-refractivity contribution in [2.75, 3.05) is 49.5 Å². The van der Waals surface area contributed by atoms with Crippen molar-refractivity contribution < 1.29 is 14.3 Å². The van der Waals surface area contributed by atoms with E-state index >= 15 is 0 Å². The Morgan fingerprint density at radius 1 is 1.07 bits per heavy atom. The van der Waals surface area contributed by atoms with Gasteiger partial charge in [0.2, 0.25) is 5.91 Å². The number of anilines is 2. The Labute approximate surface area is 177 Å². The van der Waals surface area contributed by atoms with Gasteiger partial charge < -0.3 is 15.0 Å². The number of nitrogens with zero attached hydrogens (tertiary/aromatic N) is 2. The molecule has 0 radical (unpaired) electrons. The number of amides is 1. The first-order chi connectivity index (χ1) is 14.6. The van der Waals surface area contributed by atoms with Crippen molar-refractivity contribution in [2.45, 2.75) is 26.2 Å². The Kier molecular flexibility index (Phi) is 6.33. The van der Waals surface area contributed by atoms with Gasteiger partial charge in [0.25, 0.3) is 0 Å². The van der Waals surface area contributed by atoms with E-state index in [4.69, 9.17) is 4.74 Å². The lowest BCUT2D eigenvalue weighted by Gasteiger charge is -2.36. The minimum atomic E-state index is 0.0459. The minimum Gasteiger partial charge on any atom is -0.492 e. The van der Waals surface area contributed by atoms with Crippen LogP contribution in [0.25, 0.3) is 0 Å². The molecule has 0 atom stereocenters. The van der Waals surface area contributed by atoms with Gasteiger partial charge in [-0.3, -0.25) is 14.5 Å². The fourth-order valence-electron chi connectivity index (χ4n) is 4.17. The van der Waals surface area contributed by atoms with Gasteiger partial charge in [0.05, 0.1) is 12.3 Å². The summed E-state index contributed by atoms with van der Waals surface area (Å²) >= 11 is 0. The summed E-state index contributed by atoms with van der Waals surface area (Å²) in [5.41, 5.74) is 3.79. The lowest BCUT2D eigenvalue weighted by atomic mass is 9.98. The maximum Gasteiger partial charge on any atom is 0.224 e. The van der Waals surface area contributed by atoms with Crippen LogP contribution in [0.4, 0.5) is 11.4 Å². The topological polar surface area (TPSA) is 61.9 Å². The zero-order chi connectivity index (χ0) is 20.9. The van der Waals surface area contributed by atoms with E-state index in [2.05, 4.69) is 21.2 Å². The van der Waals surface area contributed by atoms with Crippen molar-refractivity contribution in [2.24, 2.45) is 0 Å². The van der Waals surface area contributed by atoms with Crippen LogP contribution < -0.4 is 15.0 Å². The summed E-state index contributed by atoms with van der Waals surface area (Å²) < 4.78 is 5.77. The van der Waals surface area contributed by atoms with Crippen molar-refractivity contribution in [3.05, 3.63) is 53.6 Å². The molecule has 0 bridgehead atoms. The highest BCUT2D eigenvalue weighted by Gasteiger charge is 2.21. The van der Waals surface area contributed by atoms with Gasteiger partial charge in [0, 0.05) is 56.8 Å². The van der Waals surface area contributed by atoms with Crippen molar-refractivity contribution >= 4 is 23.1 Å². The Balaban J connectivity index is 1.29. The molecule has 0 spiro atoms. The van der Waals surface area contributed by atoms with Gasteiger partial charge >= 0.3 is 0 Å². The monoisotopic (exact) mass is 407 g/mol. The van der Waals surface area contributed by atoms with Gasteiger partial charge in [-0.15, -0.1) is 0 Å². The first kappa shape index (κ1) is 20.4. The van der Waals surface area contributed by atoms with Crippen LogP contribution >= 0.6 is 0 Å². The summed E-state index contributed by atoms with van der Waals surface area (Å²) in [5, 5.41) is 2.87. The van der Waals surface area contributed by atoms with Gasteiger partial charge in [-0.2, -0.15) is 0 Å². The summed E-state index contributed by atoms with van der Waals surface area (Å²) in [4.78, 5) is 28.9. The van der Waals surface area contributed by atoms with Gasteiger partial charge in [0.1, 0.15) is 5.75 Å². The number of hydrogen-bond donors (Lipinski definition) is 1. The molecule has 4 rings (SSSR count). The fraction of sp³-hybridized carbons (Fsp3) is 0.417. The van der Waals surface area contributed by atoms with Crippen LogP contribution in [-0.2, 0) is 11.2 Å². The normalized spacial score (nSPS) is 16.7. The molecule has 2 heterocycles. The van der Waals surface area contributed by atoms with Crippen LogP contribution in [0.1, 0.15) is 35.7 Å². The number of para-hydroxylation sites is 2. The number of aryl methyl sites for hydroxylation is 1. The lowest BCUT2D eigenvalue weighted by Crippen LogP contribution is -2.47. The largest absolute Gasteiger partial charge is 0.492 e. The van der Waals surface area contributed by atoms with Crippen molar-refractivity contribution in [1.82, 2.24) is 4.90 Å². The summed E-state index contributed by atoms with van der Waals surface area (Å²) in [6, 6.07) is 13.8. The molecule has 2 aromatic carbocycles. The van der Waals surface area contributed by atoms with E-state index in [1.807, 2.05) is 43.3 Å². The van der Waals surface area contributed by atoms with Crippen LogP contribution in [0, 0.1) is 0 Å². The van der Waals surface area contributed by atoms with E-state index in [0.717, 1.165) is 61.0 Å². The predicted molar refractivity (Wildman–Crippen MR) is 119 cm³/mol. The molecule has 0 unspecified atom stereocenters. The number of carbonyl (C=O) groups is 2. The maximum atomic E-state index is 12.7. The molecule has 1 amide bonds. The zero-order valence-corrected chi connectivity index (χ0v) is 17.5. The lowest BCUT2D eigenvalue weighted by molar-refractivity contribution is -0.116. The summed E-state index contributed by atoms with van der Waals surface area (Å²) in [6.45, 7) is 7.16. The van der Waals surface area contributed by atoms with Crippen molar-refractivity contribution in [3.63, 3.8) is 0 Å². The number of Topliss-reactive ketones (excluding diaryl/α,β-unsaturated/α-hetero) is 1. The van der Waals surface area contributed by atoms with Crippen molar-refractivity contribution in [1.29, 1.82) is 0 Å². The third kappa shape index (κ3) is 4.65. The smallest absolute Gasteiger partial charge is 0.224 e. The number of benzene rings is 2. The van der Waals surface area contributed by atoms with Crippen LogP contribution in [0.2, 0.25) is 0 Å². The molecular weight excluding hydrogens is 378 g/mol. The Morgan fingerprint density at radius 2 is 1.87 bits per heavy atom. The molecule has 158 valence electrons. The highest BCUT2D eigenvalue weighted by Crippen LogP contribution is 2.29. The maximum absolute atomic E-state index is 12.7. The second kappa shape index (κ2) is 9.30. The van der Waals surface area contributed by atoms with Crippen LogP contribution in [-0.4, -0.2) is 55.9 Å². The molecule has 2 aliphatic heterocycles. The molecule has 6 nitrogen and oxygen atoms in total. The average Bonchev–Trinajstić information content (AvgIpc) is 2.78. The number of fused-ring (bicyclic) bond motifs is 1. The van der Waals surface area contributed by atoms with Crippen LogP contribution in [0.15, 0.2) is 42.5 Å². The molecule has 0 aromatic heterocycles. The summed E-state index contributed by atoms with van der Waals surface area (Å²) in [7, 11) is 0. The third-order valence-electron chi connectivity index (χ3n) is 5.86. The molecule has 2 aromatic rings. The fourth-order valence-corrected chi connectivity index (χ4v) is 4.17. The molecule has 0 aliphatic carbocycles. The highest BCUT2D eigenvalue weighted by atomic mass is 16.5. The van der Waals surface area contributed by atoms with E-state index in [1.165, 1.54) is 0 Å². The third-order valence-corrected chi connectivity index (χ3v) is 5.86. The molecule has 1 fully saturated rings. The zero-order valence-electron chi connectivity index (χ0n) is 17.5. The van der Waals surface area contributed by atoms with E-state index < -0.39 is 0 Å². The quantitative estimate of drug-likeness (QED) is 0.713. The van der Waals surface area contributed by atoms with E-state index in [0.29, 0.717) is 25.9 Å². The second-order valence-corrected chi connectivity index (χ2v) is 7.82. The summed E-state index contributed by atoms with van der Waals surface area (Å²) in [5.74, 6) is 1.15. The van der Waals surface area contributed by atoms with Gasteiger partial charge in [0.15, 0.2) is 5.78 Å². The highest BCUT2D eigenvalue weighted by molar-refractivity contribution is 5.99. The van der Waals surface area contributed by atoms with Crippen molar-refractivity contribution in [3.8, 4) is 5.75 Å². The first-order valence-electron chi connectivity index (χ1n) is 10.8. The molecule has 2 aliphatic rings. The van der Waals surface area contributed by atoms with Crippen LogP contribution in [0.5, 0.6) is 5.75 Å². The minimum absolute atomic E-state index is 0.0459. The average molecular weight is 408 g/mol. The van der Waals surface area contributed by atoms with E-state index in [-0.39, 0.29) is 11.7 Å². The second-order valence-electron chi connectivity index (χ2n) is 7.82. The molecule has 6 heteroatoms. The number of piperazine rings is 1. The predicted octanol–water partition coefficient (Wildman–Crippen LogP) is 3.37. The number of ketones is 1. The van der Waals surface area contributed by atoms with E-state index in [9.17, 15) is 9.59 Å². The standard InChI is InChI=1S/C24H29N3O3/c1-2-30-23-6-4-3-5-21(23)27-15-13-26(14-16-27)12-11-22(28)19-7-9-20-18(17-19)8-10-24(29)25-20/h3-7,9,17H,2,8,10-16H2,1H3,(H,25,29). The number of carbonyl (C=O) groups excluding carboxylic acids is 2. The Morgan fingerprint density at radius 3 is 2.67 bits per heavy atom. The van der Waals surface area contributed by atoms with Gasteiger partial charge in [-0.25, -0.2) is 0 Å². The number of ether oxygens (including phenoxy) is 1. The number of nitrogens with one attached hydrogen (secondary N) is 1. The molecule has 1 N–H and O–H groups in total. The van der Waals surface area contributed by atoms with Gasteiger partial charge in [-0.05, 0) is 49.2 Å². The molecule has 1 saturated heterocycles. The first-order valence-corrected chi connectivity index (χ1v) is 10.8. The van der Waals surface area contributed by atoms with E-state index in [1.54, 1.807) is 0 Å². The molecule has 30 heavy (non-hydrogen) atoms. The molecular formula is C24H29N3O3. The Hall–Kier alpha value is -2.86. The Bertz CT molecular complexity index is 920. The number of rotatable bonds is 7. The van der Waals surface area contributed by atoms with Gasteiger partial charge in [-0.1, -0.05) is 12.1 Å². The number of hydrogen-bond acceptors (Lipinski definition) is 5. The summed E-state index contributed by atoms with van der Waals surface area (Å²) in [6.07, 6.45) is 1.70.